The Balaban J connectivity index is 0.00000300. The molecule has 1 aromatic carbocycles. The molecule has 0 bridgehead atoms. The first-order chi connectivity index (χ1) is 13.6. The van der Waals surface area contributed by atoms with Crippen LogP contribution in [-0.4, -0.2) is 64.3 Å². The van der Waals surface area contributed by atoms with Crippen molar-refractivity contribution in [2.24, 2.45) is 0 Å². The largest absolute Gasteiger partial charge is 0.388 e. The van der Waals surface area contributed by atoms with Crippen LogP contribution in [0.5, 0.6) is 0 Å². The summed E-state index contributed by atoms with van der Waals surface area (Å²) < 4.78 is 1.56. The van der Waals surface area contributed by atoms with Gasteiger partial charge in [0.1, 0.15) is 0 Å². The van der Waals surface area contributed by atoms with Gasteiger partial charge in [0.15, 0.2) is 5.69 Å². The number of para-hydroxylation sites is 1. The van der Waals surface area contributed by atoms with Gasteiger partial charge in [-0.25, -0.2) is 4.68 Å². The molecule has 1 aliphatic rings. The fourth-order valence-corrected chi connectivity index (χ4v) is 3.50. The van der Waals surface area contributed by atoms with Crippen molar-refractivity contribution < 1.29 is 9.90 Å². The van der Waals surface area contributed by atoms with E-state index < -0.39 is 5.60 Å². The number of rotatable bonds is 9. The molecule has 1 fully saturated rings. The number of aliphatic hydroxyl groups is 1. The molecule has 0 atom stereocenters. The fourth-order valence-electron chi connectivity index (χ4n) is 3.50. The Morgan fingerprint density at radius 1 is 1.31 bits per heavy atom. The predicted octanol–water partition coefficient (Wildman–Crippen LogP) is 1.46. The van der Waals surface area contributed by atoms with Crippen LogP contribution in [0.15, 0.2) is 36.5 Å². The van der Waals surface area contributed by atoms with Crippen LogP contribution in [0.2, 0.25) is 0 Å². The van der Waals surface area contributed by atoms with Gasteiger partial charge in [-0.1, -0.05) is 23.4 Å². The molecule has 0 unspecified atom stereocenters. The number of hydrogen-bond acceptors (Lipinski definition) is 6. The number of nitrogens with one attached hydrogen (secondary N) is 2. The molecule has 0 saturated carbocycles. The summed E-state index contributed by atoms with van der Waals surface area (Å²) in [5.74, 6) is -0.230. The highest BCUT2D eigenvalue weighted by atomic mass is 35.5. The number of nitrogens with zero attached hydrogens (tertiary/aromatic N) is 4. The van der Waals surface area contributed by atoms with Gasteiger partial charge in [0.25, 0.3) is 5.91 Å². The molecule has 9 heteroatoms. The summed E-state index contributed by atoms with van der Waals surface area (Å²) in [6, 6.07) is 10.3. The minimum atomic E-state index is -0.784. The molecular formula is C20H31ClN6O2. The van der Waals surface area contributed by atoms with Gasteiger partial charge in [-0.05, 0) is 51.4 Å². The number of amides is 1. The van der Waals surface area contributed by atoms with Gasteiger partial charge >= 0.3 is 0 Å². The second kappa shape index (κ2) is 11.1. The highest BCUT2D eigenvalue weighted by molar-refractivity contribution is 5.91. The maximum atomic E-state index is 12.3. The second-order valence-corrected chi connectivity index (χ2v) is 7.30. The van der Waals surface area contributed by atoms with E-state index in [9.17, 15) is 9.90 Å². The van der Waals surface area contributed by atoms with E-state index in [1.165, 1.54) is 5.69 Å². The summed E-state index contributed by atoms with van der Waals surface area (Å²) >= 11 is 0. The van der Waals surface area contributed by atoms with Crippen molar-refractivity contribution in [1.29, 1.82) is 0 Å². The van der Waals surface area contributed by atoms with Crippen molar-refractivity contribution >= 4 is 24.0 Å². The zero-order chi connectivity index (χ0) is 19.8. The second-order valence-electron chi connectivity index (χ2n) is 7.30. The van der Waals surface area contributed by atoms with E-state index >= 15 is 0 Å². The Morgan fingerprint density at radius 2 is 2.03 bits per heavy atom. The van der Waals surface area contributed by atoms with Gasteiger partial charge in [0.05, 0.1) is 18.3 Å². The van der Waals surface area contributed by atoms with Crippen LogP contribution in [0.3, 0.4) is 0 Å². The summed E-state index contributed by atoms with van der Waals surface area (Å²) in [6.07, 6.45) is 3.79. The number of halogens is 1. The third-order valence-corrected chi connectivity index (χ3v) is 5.16. The third kappa shape index (κ3) is 6.69. The summed E-state index contributed by atoms with van der Waals surface area (Å²) in [4.78, 5) is 14.6. The van der Waals surface area contributed by atoms with Crippen LogP contribution < -0.4 is 15.5 Å². The average molecular weight is 423 g/mol. The Labute approximate surface area is 178 Å². The first-order valence-corrected chi connectivity index (χ1v) is 10.0. The van der Waals surface area contributed by atoms with Crippen LogP contribution in [0.4, 0.5) is 5.69 Å². The molecule has 0 aliphatic carbocycles. The quantitative estimate of drug-likeness (QED) is 0.529. The lowest BCUT2D eigenvalue weighted by Gasteiger charge is -2.32. The number of carbonyl (C=O) groups excluding carboxylic acids is 1. The molecule has 8 nitrogen and oxygen atoms in total. The Kier molecular flexibility index (Phi) is 8.88. The first-order valence-electron chi connectivity index (χ1n) is 10.0. The molecule has 3 N–H and O–H groups in total. The molecule has 3 rings (SSSR count). The highest BCUT2D eigenvalue weighted by Gasteiger charge is 2.30. The normalized spacial score (nSPS) is 15.4. The smallest absolute Gasteiger partial charge is 0.273 e. The van der Waals surface area contributed by atoms with Crippen LogP contribution in [0.1, 0.15) is 36.7 Å². The maximum absolute atomic E-state index is 12.3. The lowest BCUT2D eigenvalue weighted by atomic mass is 9.92. The van der Waals surface area contributed by atoms with E-state index in [0.717, 1.165) is 32.6 Å². The lowest BCUT2D eigenvalue weighted by molar-refractivity contribution is -0.00866. The van der Waals surface area contributed by atoms with Gasteiger partial charge in [0.2, 0.25) is 0 Å². The highest BCUT2D eigenvalue weighted by Crippen LogP contribution is 2.19. The van der Waals surface area contributed by atoms with E-state index in [1.807, 2.05) is 18.2 Å². The molecule has 0 radical (unpaired) electrons. The number of aromatic nitrogens is 3. The molecule has 1 aromatic heterocycles. The van der Waals surface area contributed by atoms with Gasteiger partial charge < -0.3 is 20.6 Å². The number of carbonyl (C=O) groups is 1. The van der Waals surface area contributed by atoms with Crippen molar-refractivity contribution in [3.05, 3.63) is 42.2 Å². The zero-order valence-corrected chi connectivity index (χ0v) is 17.7. The minimum Gasteiger partial charge on any atom is -0.388 e. The standard InChI is InChI=1S/C20H30N6O2.ClH/c1-2-25(17-7-4-3-5-8-17)14-6-11-22-19(27)18-15-26(24-23-18)16-20(28)9-12-21-13-10-20;/h3-5,7-8,15,21,28H,2,6,9-14,16H2,1H3,(H,22,27);1H. The predicted molar refractivity (Wildman–Crippen MR) is 116 cm³/mol. The Hall–Kier alpha value is -2.16. The van der Waals surface area contributed by atoms with Crippen molar-refractivity contribution in [1.82, 2.24) is 25.6 Å². The molecule has 0 spiro atoms. The number of anilines is 1. The zero-order valence-electron chi connectivity index (χ0n) is 16.9. The average Bonchev–Trinajstić information content (AvgIpc) is 3.17. The van der Waals surface area contributed by atoms with Crippen molar-refractivity contribution in [3.8, 4) is 0 Å². The monoisotopic (exact) mass is 422 g/mol. The summed E-state index contributed by atoms with van der Waals surface area (Å²) in [6.45, 7) is 6.42. The topological polar surface area (TPSA) is 95.3 Å². The van der Waals surface area contributed by atoms with Crippen molar-refractivity contribution in [3.63, 3.8) is 0 Å². The van der Waals surface area contributed by atoms with E-state index in [-0.39, 0.29) is 24.0 Å². The molecule has 1 aliphatic heterocycles. The third-order valence-electron chi connectivity index (χ3n) is 5.16. The van der Waals surface area contributed by atoms with E-state index in [4.69, 9.17) is 0 Å². The van der Waals surface area contributed by atoms with E-state index in [0.29, 0.717) is 25.9 Å². The maximum Gasteiger partial charge on any atom is 0.273 e. The summed E-state index contributed by atoms with van der Waals surface area (Å²) in [5, 5.41) is 24.7. The molecule has 2 aromatic rings. The van der Waals surface area contributed by atoms with Gasteiger partial charge in [0, 0.05) is 25.3 Å². The minimum absolute atomic E-state index is 0. The number of piperidine rings is 1. The van der Waals surface area contributed by atoms with Crippen molar-refractivity contribution in [2.75, 3.05) is 37.6 Å². The van der Waals surface area contributed by atoms with Crippen molar-refractivity contribution in [2.45, 2.75) is 38.3 Å². The summed E-state index contributed by atoms with van der Waals surface area (Å²) in [5.41, 5.74) is 0.691. The molecular weight excluding hydrogens is 392 g/mol. The van der Waals surface area contributed by atoms with Gasteiger partial charge in [-0.2, -0.15) is 0 Å². The molecule has 2 heterocycles. The molecule has 1 amide bonds. The van der Waals surface area contributed by atoms with E-state index in [1.54, 1.807) is 10.9 Å². The van der Waals surface area contributed by atoms with E-state index in [2.05, 4.69) is 44.9 Å². The van der Waals surface area contributed by atoms with Crippen LogP contribution >= 0.6 is 12.4 Å². The number of benzene rings is 1. The van der Waals surface area contributed by atoms with Crippen LogP contribution in [0, 0.1) is 0 Å². The molecule has 160 valence electrons. The van der Waals surface area contributed by atoms with Crippen LogP contribution in [-0.2, 0) is 6.54 Å². The molecule has 29 heavy (non-hydrogen) atoms. The first kappa shape index (κ1) is 23.1. The van der Waals surface area contributed by atoms with Gasteiger partial charge in [-0.3, -0.25) is 4.79 Å². The SMILES string of the molecule is CCN(CCCNC(=O)c1cn(CC2(O)CCNCC2)nn1)c1ccccc1.Cl. The Bertz CT molecular complexity index is 748. The molecule has 1 saturated heterocycles. The summed E-state index contributed by atoms with van der Waals surface area (Å²) in [7, 11) is 0. The Morgan fingerprint density at radius 3 is 2.72 bits per heavy atom. The fraction of sp³-hybridized carbons (Fsp3) is 0.550. The van der Waals surface area contributed by atoms with Crippen LogP contribution in [0.25, 0.3) is 0 Å². The lowest BCUT2D eigenvalue weighted by Crippen LogP contribution is -2.44. The number of hydrogen-bond donors (Lipinski definition) is 3. The van der Waals surface area contributed by atoms with Gasteiger partial charge in [-0.15, -0.1) is 17.5 Å².